The lowest BCUT2D eigenvalue weighted by atomic mass is 10.0. The molecular weight excluding hydrogens is 200 g/mol. The van der Waals surface area contributed by atoms with Crippen molar-refractivity contribution < 1.29 is 9.53 Å². The fraction of sp³-hybridized carbons (Fsp3) is 0.0714. The highest BCUT2D eigenvalue weighted by molar-refractivity contribution is 5.85. The van der Waals surface area contributed by atoms with E-state index in [0.29, 0.717) is 5.75 Å². The first-order valence-corrected chi connectivity index (χ1v) is 4.86. The maximum atomic E-state index is 11.2. The van der Waals surface area contributed by atoms with Crippen molar-refractivity contribution >= 4 is 18.1 Å². The van der Waals surface area contributed by atoms with Crippen molar-refractivity contribution in [3.8, 4) is 5.75 Å². The summed E-state index contributed by atoms with van der Waals surface area (Å²) in [7, 11) is 0. The molecule has 0 bridgehead atoms. The van der Waals surface area contributed by atoms with Crippen molar-refractivity contribution in [2.24, 2.45) is 0 Å². The average molecular weight is 214 g/mol. The molecule has 0 aromatic heterocycles. The molecule has 2 nitrogen and oxygen atoms in total. The van der Waals surface area contributed by atoms with Crippen LogP contribution in [0.3, 0.4) is 0 Å². The number of aryl methyl sites for hydroxylation is 1. The summed E-state index contributed by atoms with van der Waals surface area (Å²) in [6.07, 6.45) is 4.48. The number of ether oxygens (including phenoxy) is 1. The van der Waals surface area contributed by atoms with Crippen LogP contribution in [0.1, 0.15) is 16.7 Å². The van der Waals surface area contributed by atoms with Crippen LogP contribution in [-0.4, -0.2) is 5.97 Å². The SMILES string of the molecule is C=CC(=O)Oc1c(C)ccc(C=C)c1C=C. The van der Waals surface area contributed by atoms with Gasteiger partial charge in [0.2, 0.25) is 0 Å². The van der Waals surface area contributed by atoms with E-state index in [1.54, 1.807) is 12.2 Å². The van der Waals surface area contributed by atoms with Crippen LogP contribution in [0.2, 0.25) is 0 Å². The van der Waals surface area contributed by atoms with E-state index >= 15 is 0 Å². The smallest absolute Gasteiger partial charge is 0.335 e. The molecule has 1 rings (SSSR count). The topological polar surface area (TPSA) is 26.3 Å². The van der Waals surface area contributed by atoms with Gasteiger partial charge in [-0.25, -0.2) is 4.79 Å². The molecule has 1 aromatic rings. The van der Waals surface area contributed by atoms with E-state index in [9.17, 15) is 4.79 Å². The van der Waals surface area contributed by atoms with Crippen molar-refractivity contribution in [1.29, 1.82) is 0 Å². The Morgan fingerprint density at radius 2 is 1.94 bits per heavy atom. The Morgan fingerprint density at radius 3 is 2.44 bits per heavy atom. The first kappa shape index (κ1) is 12.0. The van der Waals surface area contributed by atoms with Crippen molar-refractivity contribution in [2.75, 3.05) is 0 Å². The summed E-state index contributed by atoms with van der Waals surface area (Å²) in [4.78, 5) is 11.2. The molecule has 0 saturated carbocycles. The molecule has 0 saturated heterocycles. The second kappa shape index (κ2) is 5.12. The first-order valence-electron chi connectivity index (χ1n) is 4.86. The zero-order valence-electron chi connectivity index (χ0n) is 9.32. The van der Waals surface area contributed by atoms with Crippen LogP contribution in [0, 0.1) is 6.92 Å². The second-order valence-electron chi connectivity index (χ2n) is 3.25. The molecule has 0 aliphatic heterocycles. The maximum Gasteiger partial charge on any atom is 0.335 e. The van der Waals surface area contributed by atoms with Gasteiger partial charge in [-0.15, -0.1) is 0 Å². The van der Waals surface area contributed by atoms with Crippen molar-refractivity contribution in [3.63, 3.8) is 0 Å². The average Bonchev–Trinajstić information content (AvgIpc) is 2.31. The summed E-state index contributed by atoms with van der Waals surface area (Å²) in [6.45, 7) is 12.6. The highest BCUT2D eigenvalue weighted by Crippen LogP contribution is 2.28. The van der Waals surface area contributed by atoms with Gasteiger partial charge in [-0.05, 0) is 18.1 Å². The lowest BCUT2D eigenvalue weighted by molar-refractivity contribution is -0.129. The van der Waals surface area contributed by atoms with Crippen LogP contribution in [-0.2, 0) is 4.79 Å². The molecule has 0 heterocycles. The van der Waals surface area contributed by atoms with E-state index in [1.807, 2.05) is 19.1 Å². The standard InChI is InChI=1S/C14H14O2/c1-5-11-9-8-10(4)14(12(11)6-2)16-13(15)7-3/h5-9H,1-3H2,4H3. The van der Waals surface area contributed by atoms with E-state index in [2.05, 4.69) is 19.7 Å². The fourth-order valence-electron chi connectivity index (χ4n) is 1.39. The molecular formula is C14H14O2. The summed E-state index contributed by atoms with van der Waals surface area (Å²) in [5.74, 6) is 0.0321. The number of carbonyl (C=O) groups excluding carboxylic acids is 1. The lowest BCUT2D eigenvalue weighted by Crippen LogP contribution is -2.06. The number of hydrogen-bond donors (Lipinski definition) is 0. The highest BCUT2D eigenvalue weighted by Gasteiger charge is 2.10. The predicted octanol–water partition coefficient (Wildman–Crippen LogP) is 3.37. The number of rotatable bonds is 4. The minimum atomic E-state index is -0.479. The molecule has 0 amide bonds. The number of esters is 1. The minimum Gasteiger partial charge on any atom is -0.422 e. The van der Waals surface area contributed by atoms with Crippen LogP contribution in [0.25, 0.3) is 12.2 Å². The summed E-state index contributed by atoms with van der Waals surface area (Å²) in [5, 5.41) is 0. The zero-order chi connectivity index (χ0) is 12.1. The van der Waals surface area contributed by atoms with Crippen LogP contribution in [0.5, 0.6) is 5.75 Å². The van der Waals surface area contributed by atoms with Crippen molar-refractivity contribution in [1.82, 2.24) is 0 Å². The van der Waals surface area contributed by atoms with E-state index in [0.717, 1.165) is 22.8 Å². The van der Waals surface area contributed by atoms with Gasteiger partial charge in [0, 0.05) is 11.6 Å². The Kier molecular flexibility index (Phi) is 3.84. The van der Waals surface area contributed by atoms with E-state index in [-0.39, 0.29) is 0 Å². The Balaban J connectivity index is 3.33. The molecule has 1 aromatic carbocycles. The highest BCUT2D eigenvalue weighted by atomic mass is 16.5. The van der Waals surface area contributed by atoms with Gasteiger partial charge in [-0.1, -0.05) is 44.0 Å². The molecule has 16 heavy (non-hydrogen) atoms. The molecule has 0 unspecified atom stereocenters. The van der Waals surface area contributed by atoms with Crippen molar-refractivity contribution in [3.05, 3.63) is 54.6 Å². The Labute approximate surface area is 95.6 Å². The third-order valence-corrected chi connectivity index (χ3v) is 2.22. The van der Waals surface area contributed by atoms with Crippen LogP contribution >= 0.6 is 0 Å². The van der Waals surface area contributed by atoms with Crippen molar-refractivity contribution in [2.45, 2.75) is 6.92 Å². The third kappa shape index (κ3) is 2.28. The van der Waals surface area contributed by atoms with Crippen LogP contribution < -0.4 is 4.74 Å². The van der Waals surface area contributed by atoms with Crippen LogP contribution in [0.4, 0.5) is 0 Å². The van der Waals surface area contributed by atoms with E-state index < -0.39 is 5.97 Å². The van der Waals surface area contributed by atoms with E-state index in [4.69, 9.17) is 4.74 Å². The van der Waals surface area contributed by atoms with Gasteiger partial charge in [0.15, 0.2) is 0 Å². The summed E-state index contributed by atoms with van der Waals surface area (Å²) < 4.78 is 5.18. The van der Waals surface area contributed by atoms with Gasteiger partial charge in [0.25, 0.3) is 0 Å². The third-order valence-electron chi connectivity index (χ3n) is 2.22. The molecule has 0 radical (unpaired) electrons. The minimum absolute atomic E-state index is 0.479. The first-order chi connectivity index (χ1) is 7.63. The molecule has 0 fully saturated rings. The zero-order valence-corrected chi connectivity index (χ0v) is 9.32. The summed E-state index contributed by atoms with van der Waals surface area (Å²) in [6, 6.07) is 3.78. The lowest BCUT2D eigenvalue weighted by Gasteiger charge is -2.11. The predicted molar refractivity (Wildman–Crippen MR) is 67.2 cm³/mol. The van der Waals surface area contributed by atoms with E-state index in [1.165, 1.54) is 0 Å². The summed E-state index contributed by atoms with van der Waals surface area (Å²) >= 11 is 0. The van der Waals surface area contributed by atoms with Gasteiger partial charge < -0.3 is 4.74 Å². The number of hydrogen-bond acceptors (Lipinski definition) is 2. The maximum absolute atomic E-state index is 11.2. The van der Waals surface area contributed by atoms with Gasteiger partial charge in [-0.2, -0.15) is 0 Å². The number of carbonyl (C=O) groups is 1. The summed E-state index contributed by atoms with van der Waals surface area (Å²) in [5.41, 5.74) is 2.52. The molecule has 0 spiro atoms. The Morgan fingerprint density at radius 1 is 1.25 bits per heavy atom. The molecule has 0 N–H and O–H groups in total. The molecule has 0 atom stereocenters. The van der Waals surface area contributed by atoms with Gasteiger partial charge >= 0.3 is 5.97 Å². The Bertz CT molecular complexity index is 456. The van der Waals surface area contributed by atoms with Gasteiger partial charge in [0.1, 0.15) is 5.75 Å². The van der Waals surface area contributed by atoms with Crippen LogP contribution in [0.15, 0.2) is 37.9 Å². The molecule has 82 valence electrons. The number of benzene rings is 1. The molecule has 0 aliphatic rings. The second-order valence-corrected chi connectivity index (χ2v) is 3.25. The fourth-order valence-corrected chi connectivity index (χ4v) is 1.39. The van der Waals surface area contributed by atoms with Gasteiger partial charge in [0.05, 0.1) is 0 Å². The molecule has 2 heteroatoms. The molecule has 0 aliphatic carbocycles. The van der Waals surface area contributed by atoms with Gasteiger partial charge in [-0.3, -0.25) is 0 Å². The normalized spacial score (nSPS) is 9.31. The monoisotopic (exact) mass is 214 g/mol. The quantitative estimate of drug-likeness (QED) is 0.436. The largest absolute Gasteiger partial charge is 0.422 e. The Hall–Kier alpha value is -2.09.